The van der Waals surface area contributed by atoms with Crippen LogP contribution in [0.15, 0.2) is 60.3 Å². The van der Waals surface area contributed by atoms with Crippen molar-refractivity contribution in [3.63, 3.8) is 0 Å². The van der Waals surface area contributed by atoms with Gasteiger partial charge in [0.2, 0.25) is 5.91 Å². The first-order chi connectivity index (χ1) is 17.2. The summed E-state index contributed by atoms with van der Waals surface area (Å²) in [6, 6.07) is 9.76. The van der Waals surface area contributed by atoms with E-state index in [1.807, 2.05) is 18.4 Å². The molecule has 36 heavy (non-hydrogen) atoms. The SMILES string of the molecule is C=CCn1c(SCC(=O)Nc2ccc(F)cc2)nnc1[C@H](CC(C)C)NC(=O)c1ccc(Cl)cc1Cl. The van der Waals surface area contributed by atoms with Gasteiger partial charge in [0.15, 0.2) is 11.0 Å². The number of hydrogen-bond donors (Lipinski definition) is 2. The van der Waals surface area contributed by atoms with E-state index < -0.39 is 6.04 Å². The van der Waals surface area contributed by atoms with Crippen LogP contribution in [0.3, 0.4) is 0 Å². The average molecular weight is 550 g/mol. The number of nitrogens with zero attached hydrogens (tertiary/aromatic N) is 3. The van der Waals surface area contributed by atoms with Gasteiger partial charge < -0.3 is 15.2 Å². The van der Waals surface area contributed by atoms with Crippen LogP contribution < -0.4 is 10.6 Å². The van der Waals surface area contributed by atoms with Crippen LogP contribution in [0.5, 0.6) is 0 Å². The molecule has 190 valence electrons. The Kier molecular flexibility index (Phi) is 9.92. The fourth-order valence-corrected chi connectivity index (χ4v) is 4.68. The summed E-state index contributed by atoms with van der Waals surface area (Å²) in [5.74, 6) is -0.164. The minimum atomic E-state index is -0.459. The Hall–Kier alpha value is -2.88. The Balaban J connectivity index is 1.78. The molecule has 0 radical (unpaired) electrons. The summed E-state index contributed by atoms with van der Waals surface area (Å²) in [7, 11) is 0. The Bertz CT molecular complexity index is 1230. The first-order valence-electron chi connectivity index (χ1n) is 11.2. The number of carbonyl (C=O) groups is 2. The summed E-state index contributed by atoms with van der Waals surface area (Å²) in [4.78, 5) is 25.4. The van der Waals surface area contributed by atoms with Gasteiger partial charge in [0, 0.05) is 17.3 Å². The zero-order chi connectivity index (χ0) is 26.2. The van der Waals surface area contributed by atoms with Crippen LogP contribution in [0.25, 0.3) is 0 Å². The Morgan fingerprint density at radius 2 is 1.89 bits per heavy atom. The lowest BCUT2D eigenvalue weighted by molar-refractivity contribution is -0.113. The summed E-state index contributed by atoms with van der Waals surface area (Å²) in [5.41, 5.74) is 0.799. The van der Waals surface area contributed by atoms with Gasteiger partial charge in [0.25, 0.3) is 5.91 Å². The second-order valence-corrected chi connectivity index (χ2v) is 10.1. The Morgan fingerprint density at radius 3 is 2.53 bits per heavy atom. The fraction of sp³-hybridized carbons (Fsp3) is 0.280. The zero-order valence-corrected chi connectivity index (χ0v) is 22.1. The number of hydrogen-bond acceptors (Lipinski definition) is 5. The Labute approximate surface area is 223 Å². The minimum absolute atomic E-state index is 0.0637. The van der Waals surface area contributed by atoms with Crippen molar-refractivity contribution >= 4 is 52.5 Å². The van der Waals surface area contributed by atoms with Crippen LogP contribution in [0, 0.1) is 11.7 Å². The van der Waals surface area contributed by atoms with E-state index >= 15 is 0 Å². The molecule has 0 saturated heterocycles. The largest absolute Gasteiger partial charge is 0.342 e. The predicted octanol–water partition coefficient (Wildman–Crippen LogP) is 6.16. The molecule has 2 N–H and O–H groups in total. The van der Waals surface area contributed by atoms with Crippen LogP contribution in [0.4, 0.5) is 10.1 Å². The van der Waals surface area contributed by atoms with Crippen molar-refractivity contribution in [3.8, 4) is 0 Å². The van der Waals surface area contributed by atoms with Gasteiger partial charge in [-0.3, -0.25) is 9.59 Å². The molecular formula is C25H26Cl2FN5O2S. The van der Waals surface area contributed by atoms with Crippen LogP contribution >= 0.6 is 35.0 Å². The standard InChI is InChI=1S/C25H26Cl2FN5O2S/c1-4-11-33-23(21(12-15(2)3)30-24(35)19-10-5-16(26)13-20(19)27)31-32-25(33)36-14-22(34)29-18-8-6-17(28)7-9-18/h4-10,13,15,21H,1,11-12,14H2,2-3H3,(H,29,34)(H,30,35)/t21-/m0/s1. The first kappa shape index (κ1) is 27.7. The van der Waals surface area contributed by atoms with Crippen molar-refractivity contribution in [1.29, 1.82) is 0 Å². The number of allylic oxidation sites excluding steroid dienone is 1. The number of rotatable bonds is 11. The number of carbonyl (C=O) groups excluding carboxylic acids is 2. The number of amides is 2. The number of thioether (sulfide) groups is 1. The maximum absolute atomic E-state index is 13.1. The third-order valence-electron chi connectivity index (χ3n) is 5.02. The lowest BCUT2D eigenvalue weighted by Gasteiger charge is -2.21. The lowest BCUT2D eigenvalue weighted by Crippen LogP contribution is -2.32. The van der Waals surface area contributed by atoms with E-state index in [-0.39, 0.29) is 34.3 Å². The molecule has 0 spiro atoms. The molecule has 0 aliphatic heterocycles. The van der Waals surface area contributed by atoms with E-state index in [1.54, 1.807) is 18.2 Å². The minimum Gasteiger partial charge on any atom is -0.342 e. The molecule has 1 atom stereocenters. The average Bonchev–Trinajstić information content (AvgIpc) is 3.21. The van der Waals surface area contributed by atoms with Crippen LogP contribution in [0.2, 0.25) is 10.0 Å². The number of nitrogens with one attached hydrogen (secondary N) is 2. The lowest BCUT2D eigenvalue weighted by atomic mass is 10.0. The van der Waals surface area contributed by atoms with Crippen LogP contribution in [-0.2, 0) is 11.3 Å². The molecule has 1 heterocycles. The van der Waals surface area contributed by atoms with Gasteiger partial charge in [-0.05, 0) is 54.8 Å². The maximum Gasteiger partial charge on any atom is 0.253 e. The number of halogens is 3. The second kappa shape index (κ2) is 12.9. The van der Waals surface area contributed by atoms with Gasteiger partial charge in [-0.15, -0.1) is 16.8 Å². The molecule has 0 unspecified atom stereocenters. The van der Waals surface area contributed by atoms with Gasteiger partial charge in [-0.25, -0.2) is 4.39 Å². The van der Waals surface area contributed by atoms with E-state index in [4.69, 9.17) is 23.2 Å². The molecular weight excluding hydrogens is 524 g/mol. The normalized spacial score (nSPS) is 11.8. The highest BCUT2D eigenvalue weighted by molar-refractivity contribution is 7.99. The first-order valence-corrected chi connectivity index (χ1v) is 12.9. The molecule has 3 aromatic rings. The van der Waals surface area contributed by atoms with Crippen molar-refractivity contribution in [2.75, 3.05) is 11.1 Å². The Morgan fingerprint density at radius 1 is 1.17 bits per heavy atom. The summed E-state index contributed by atoms with van der Waals surface area (Å²) < 4.78 is 14.9. The zero-order valence-electron chi connectivity index (χ0n) is 19.8. The van der Waals surface area contributed by atoms with Crippen molar-refractivity contribution in [3.05, 3.63) is 82.4 Å². The predicted molar refractivity (Wildman–Crippen MR) is 142 cm³/mol. The van der Waals surface area contributed by atoms with Crippen molar-refractivity contribution in [2.24, 2.45) is 5.92 Å². The van der Waals surface area contributed by atoms with Crippen molar-refractivity contribution < 1.29 is 14.0 Å². The highest BCUT2D eigenvalue weighted by Gasteiger charge is 2.25. The maximum atomic E-state index is 13.1. The van der Waals surface area contributed by atoms with Crippen molar-refractivity contribution in [2.45, 2.75) is 38.0 Å². The highest BCUT2D eigenvalue weighted by atomic mass is 35.5. The second-order valence-electron chi connectivity index (χ2n) is 8.36. The quantitative estimate of drug-likeness (QED) is 0.221. The molecule has 1 aromatic heterocycles. The third-order valence-corrected chi connectivity index (χ3v) is 6.53. The van der Waals surface area contributed by atoms with Gasteiger partial charge >= 0.3 is 0 Å². The highest BCUT2D eigenvalue weighted by Crippen LogP contribution is 2.27. The summed E-state index contributed by atoms with van der Waals surface area (Å²) in [6.07, 6.45) is 2.29. The molecule has 3 rings (SSSR count). The molecule has 0 aliphatic carbocycles. The molecule has 0 aliphatic rings. The van der Waals surface area contributed by atoms with Crippen LogP contribution in [-0.4, -0.2) is 32.3 Å². The van der Waals surface area contributed by atoms with Crippen LogP contribution in [0.1, 0.15) is 42.5 Å². The third kappa shape index (κ3) is 7.56. The molecule has 0 saturated carbocycles. The number of aromatic nitrogens is 3. The van der Waals surface area contributed by atoms with Gasteiger partial charge in [-0.2, -0.15) is 0 Å². The molecule has 0 bridgehead atoms. The van der Waals surface area contributed by atoms with E-state index in [1.165, 1.54) is 42.1 Å². The van der Waals surface area contributed by atoms with Gasteiger partial charge in [-0.1, -0.05) is 54.9 Å². The van der Waals surface area contributed by atoms with E-state index in [9.17, 15) is 14.0 Å². The molecule has 0 fully saturated rings. The monoisotopic (exact) mass is 549 g/mol. The number of anilines is 1. The summed E-state index contributed by atoms with van der Waals surface area (Å²) >= 11 is 13.4. The smallest absolute Gasteiger partial charge is 0.253 e. The van der Waals surface area contributed by atoms with E-state index in [2.05, 4.69) is 27.4 Å². The van der Waals surface area contributed by atoms with Crippen molar-refractivity contribution in [1.82, 2.24) is 20.1 Å². The van der Waals surface area contributed by atoms with E-state index in [0.29, 0.717) is 40.2 Å². The topological polar surface area (TPSA) is 88.9 Å². The fourth-order valence-electron chi connectivity index (χ4n) is 3.44. The van der Waals surface area contributed by atoms with E-state index in [0.717, 1.165) is 0 Å². The molecule has 11 heteroatoms. The van der Waals surface area contributed by atoms with Gasteiger partial charge in [0.1, 0.15) is 5.82 Å². The summed E-state index contributed by atoms with van der Waals surface area (Å²) in [6.45, 7) is 8.28. The molecule has 2 amide bonds. The molecule has 7 nitrogen and oxygen atoms in total. The number of benzene rings is 2. The molecule has 2 aromatic carbocycles. The summed E-state index contributed by atoms with van der Waals surface area (Å²) in [5, 5.41) is 15.5. The van der Waals surface area contributed by atoms with Gasteiger partial charge in [0.05, 0.1) is 22.4 Å².